The van der Waals surface area contributed by atoms with Crippen LogP contribution < -0.4 is 15.1 Å². The molecule has 1 aromatic heterocycles. The van der Waals surface area contributed by atoms with E-state index in [0.717, 1.165) is 23.7 Å². The molecule has 1 fully saturated rings. The highest BCUT2D eigenvalue weighted by atomic mass is 16.2. The molecule has 1 N–H and O–H groups in total. The molecular weight excluding hydrogens is 314 g/mol. The predicted octanol–water partition coefficient (Wildman–Crippen LogP) is 3.14. The molecule has 0 atom stereocenters. The summed E-state index contributed by atoms with van der Waals surface area (Å²) in [5.41, 5.74) is 1.71. The van der Waals surface area contributed by atoms with Crippen molar-refractivity contribution in [2.24, 2.45) is 0 Å². The average Bonchev–Trinajstić information content (AvgIpc) is 3.13. The van der Waals surface area contributed by atoms with E-state index in [1.165, 1.54) is 25.7 Å². The van der Waals surface area contributed by atoms with Crippen molar-refractivity contribution < 1.29 is 4.79 Å². The molecule has 6 heteroatoms. The van der Waals surface area contributed by atoms with Gasteiger partial charge in [-0.2, -0.15) is 4.98 Å². The van der Waals surface area contributed by atoms with Crippen LogP contribution >= 0.6 is 0 Å². The maximum absolute atomic E-state index is 12.3. The number of hydrogen-bond acceptors (Lipinski definition) is 5. The maximum atomic E-state index is 12.3. The number of nitrogens with one attached hydrogen (secondary N) is 1. The van der Waals surface area contributed by atoms with Crippen molar-refractivity contribution >= 4 is 29.0 Å². The molecular formula is C19H22N5O. The molecule has 1 aliphatic heterocycles. The van der Waals surface area contributed by atoms with Crippen molar-refractivity contribution in [2.45, 2.75) is 38.1 Å². The summed E-state index contributed by atoms with van der Waals surface area (Å²) in [6.45, 7) is 0.720. The van der Waals surface area contributed by atoms with Crippen molar-refractivity contribution in [1.29, 1.82) is 0 Å². The fraction of sp³-hybridized carbons (Fsp3) is 0.421. The molecule has 0 bridgehead atoms. The van der Waals surface area contributed by atoms with Gasteiger partial charge < -0.3 is 15.1 Å². The summed E-state index contributed by atoms with van der Waals surface area (Å²) in [6, 6.07) is 11.0. The highest BCUT2D eigenvalue weighted by molar-refractivity contribution is 5.97. The first-order chi connectivity index (χ1) is 12.2. The van der Waals surface area contributed by atoms with Crippen LogP contribution in [-0.4, -0.2) is 35.5 Å². The monoisotopic (exact) mass is 336 g/mol. The standard InChI is InChI=1S/C19H22N5O/c1-23-16-13-20-19(21-14-7-3-2-4-8-14)22-18(16)24(12-11-17(23)25)15-9-5-6-10-15/h3-4,7-8,13,15H,5-6,9-12H2,1H3,(H,20,21,22). The SMILES string of the molecule is CN1C(=O)CCN(C2CCCC2)c2nc(Nc3cc[c]cc3)ncc21. The smallest absolute Gasteiger partial charge is 0.229 e. The van der Waals surface area contributed by atoms with E-state index in [1.807, 2.05) is 31.3 Å². The van der Waals surface area contributed by atoms with Gasteiger partial charge in [0.15, 0.2) is 5.82 Å². The van der Waals surface area contributed by atoms with Gasteiger partial charge in [-0.15, -0.1) is 0 Å². The number of anilines is 4. The maximum Gasteiger partial charge on any atom is 0.229 e. The Morgan fingerprint density at radius 3 is 2.76 bits per heavy atom. The molecule has 2 aromatic rings. The third kappa shape index (κ3) is 3.16. The average molecular weight is 336 g/mol. The number of rotatable bonds is 3. The summed E-state index contributed by atoms with van der Waals surface area (Å²) in [5, 5.41) is 3.24. The van der Waals surface area contributed by atoms with Gasteiger partial charge in [-0.1, -0.05) is 25.0 Å². The molecule has 1 radical (unpaired) electrons. The quantitative estimate of drug-likeness (QED) is 0.933. The Morgan fingerprint density at radius 2 is 2.00 bits per heavy atom. The number of carbonyl (C=O) groups excluding carboxylic acids is 1. The van der Waals surface area contributed by atoms with E-state index in [4.69, 9.17) is 4.98 Å². The first-order valence-electron chi connectivity index (χ1n) is 8.86. The first-order valence-corrected chi connectivity index (χ1v) is 8.86. The Balaban J connectivity index is 1.71. The Labute approximate surface area is 147 Å². The molecule has 1 aliphatic carbocycles. The number of benzene rings is 1. The summed E-state index contributed by atoms with van der Waals surface area (Å²) >= 11 is 0. The molecule has 2 aliphatic rings. The minimum absolute atomic E-state index is 0.115. The second kappa shape index (κ2) is 6.70. The molecule has 1 saturated carbocycles. The van der Waals surface area contributed by atoms with Gasteiger partial charge >= 0.3 is 0 Å². The van der Waals surface area contributed by atoms with Crippen LogP contribution in [0.25, 0.3) is 0 Å². The number of carbonyl (C=O) groups is 1. The number of hydrogen-bond donors (Lipinski definition) is 1. The Morgan fingerprint density at radius 1 is 1.24 bits per heavy atom. The van der Waals surface area contributed by atoms with Gasteiger partial charge in [0, 0.05) is 31.7 Å². The lowest BCUT2D eigenvalue weighted by Gasteiger charge is -2.30. The van der Waals surface area contributed by atoms with Gasteiger partial charge in [0.2, 0.25) is 11.9 Å². The molecule has 1 aromatic carbocycles. The zero-order chi connectivity index (χ0) is 17.2. The number of aromatic nitrogens is 2. The van der Waals surface area contributed by atoms with Gasteiger partial charge in [-0.05, 0) is 31.0 Å². The number of fused-ring (bicyclic) bond motifs is 1. The predicted molar refractivity (Wildman–Crippen MR) is 98.2 cm³/mol. The van der Waals surface area contributed by atoms with Crippen molar-refractivity contribution in [3.8, 4) is 0 Å². The van der Waals surface area contributed by atoms with Gasteiger partial charge in [0.05, 0.1) is 6.20 Å². The molecule has 25 heavy (non-hydrogen) atoms. The Bertz CT molecular complexity index is 758. The summed E-state index contributed by atoms with van der Waals surface area (Å²) in [4.78, 5) is 25.5. The highest BCUT2D eigenvalue weighted by Gasteiger charge is 2.31. The molecule has 0 spiro atoms. The summed E-state index contributed by atoms with van der Waals surface area (Å²) in [7, 11) is 1.81. The van der Waals surface area contributed by atoms with Gasteiger partial charge in [-0.3, -0.25) is 4.79 Å². The minimum atomic E-state index is 0.115. The van der Waals surface area contributed by atoms with Crippen LogP contribution in [0.5, 0.6) is 0 Å². The lowest BCUT2D eigenvalue weighted by Crippen LogP contribution is -2.34. The summed E-state index contributed by atoms with van der Waals surface area (Å²) < 4.78 is 0. The molecule has 129 valence electrons. The second-order valence-corrected chi connectivity index (χ2v) is 6.65. The van der Waals surface area contributed by atoms with Crippen LogP contribution in [0.1, 0.15) is 32.1 Å². The molecule has 0 unspecified atom stereocenters. The minimum Gasteiger partial charge on any atom is -0.351 e. The third-order valence-electron chi connectivity index (χ3n) is 5.06. The van der Waals surface area contributed by atoms with Crippen LogP contribution in [-0.2, 0) is 4.79 Å². The van der Waals surface area contributed by atoms with Crippen LogP contribution in [0.4, 0.5) is 23.1 Å². The van der Waals surface area contributed by atoms with Crippen LogP contribution in [0.2, 0.25) is 0 Å². The molecule has 6 nitrogen and oxygen atoms in total. The third-order valence-corrected chi connectivity index (χ3v) is 5.06. The van der Waals surface area contributed by atoms with Crippen LogP contribution in [0.3, 0.4) is 0 Å². The molecule has 0 saturated heterocycles. The van der Waals surface area contributed by atoms with E-state index in [2.05, 4.69) is 21.3 Å². The summed E-state index contributed by atoms with van der Waals surface area (Å²) in [5.74, 6) is 1.53. The fourth-order valence-electron chi connectivity index (χ4n) is 3.67. The lowest BCUT2D eigenvalue weighted by atomic mass is 10.2. The van der Waals surface area contributed by atoms with Gasteiger partial charge in [-0.25, -0.2) is 4.98 Å². The zero-order valence-electron chi connectivity index (χ0n) is 14.4. The van der Waals surface area contributed by atoms with E-state index in [9.17, 15) is 4.79 Å². The van der Waals surface area contributed by atoms with E-state index >= 15 is 0 Å². The number of nitrogens with zero attached hydrogens (tertiary/aromatic N) is 4. The van der Waals surface area contributed by atoms with E-state index in [1.54, 1.807) is 11.1 Å². The highest BCUT2D eigenvalue weighted by Crippen LogP contribution is 2.36. The summed E-state index contributed by atoms with van der Waals surface area (Å²) in [6.07, 6.45) is 7.09. The van der Waals surface area contributed by atoms with E-state index in [0.29, 0.717) is 18.4 Å². The topological polar surface area (TPSA) is 61.4 Å². The molecule has 4 rings (SSSR count). The normalized spacial score (nSPS) is 18.2. The van der Waals surface area contributed by atoms with E-state index < -0.39 is 0 Å². The molecule has 2 heterocycles. The number of amides is 1. The van der Waals surface area contributed by atoms with Crippen LogP contribution in [0, 0.1) is 6.07 Å². The molecule has 1 amide bonds. The first kappa shape index (κ1) is 15.9. The van der Waals surface area contributed by atoms with Crippen LogP contribution in [0.15, 0.2) is 30.5 Å². The van der Waals surface area contributed by atoms with Crippen molar-refractivity contribution in [3.63, 3.8) is 0 Å². The van der Waals surface area contributed by atoms with Crippen molar-refractivity contribution in [1.82, 2.24) is 9.97 Å². The zero-order valence-corrected chi connectivity index (χ0v) is 14.4. The van der Waals surface area contributed by atoms with E-state index in [-0.39, 0.29) is 5.91 Å². The van der Waals surface area contributed by atoms with Gasteiger partial charge in [0.25, 0.3) is 0 Å². The Hall–Kier alpha value is -2.63. The fourth-order valence-corrected chi connectivity index (χ4v) is 3.67. The largest absolute Gasteiger partial charge is 0.351 e. The second-order valence-electron chi connectivity index (χ2n) is 6.65. The Kier molecular flexibility index (Phi) is 4.26. The van der Waals surface area contributed by atoms with Crippen molar-refractivity contribution in [3.05, 3.63) is 36.5 Å². The lowest BCUT2D eigenvalue weighted by molar-refractivity contribution is -0.118. The van der Waals surface area contributed by atoms with Crippen molar-refractivity contribution in [2.75, 3.05) is 28.7 Å². The van der Waals surface area contributed by atoms with Gasteiger partial charge in [0.1, 0.15) is 5.69 Å².